The molecule has 1 aromatic rings. The Kier molecular flexibility index (Phi) is 5.44. The zero-order valence-corrected chi connectivity index (χ0v) is 12.8. The highest BCUT2D eigenvalue weighted by molar-refractivity contribution is 5.10. The van der Waals surface area contributed by atoms with Crippen LogP contribution in [-0.2, 0) is 19.5 Å². The normalized spacial score (nSPS) is 18.7. The zero-order chi connectivity index (χ0) is 13.7. The van der Waals surface area contributed by atoms with Gasteiger partial charge in [-0.25, -0.2) is 0 Å². The zero-order valence-electron chi connectivity index (χ0n) is 12.8. The predicted molar refractivity (Wildman–Crippen MR) is 80.2 cm³/mol. The Morgan fingerprint density at radius 1 is 1.32 bits per heavy atom. The number of aryl methyl sites for hydroxylation is 2. The molecule has 1 heterocycles. The van der Waals surface area contributed by atoms with E-state index < -0.39 is 0 Å². The van der Waals surface area contributed by atoms with Crippen LogP contribution in [0.25, 0.3) is 0 Å². The molecule has 0 amide bonds. The summed E-state index contributed by atoms with van der Waals surface area (Å²) in [6.07, 6.45) is 8.11. The Balaban J connectivity index is 1.88. The van der Waals surface area contributed by atoms with Crippen molar-refractivity contribution in [1.82, 2.24) is 15.1 Å². The van der Waals surface area contributed by atoms with E-state index in [4.69, 9.17) is 0 Å². The van der Waals surface area contributed by atoms with Gasteiger partial charge in [0.25, 0.3) is 0 Å². The molecule has 0 spiro atoms. The van der Waals surface area contributed by atoms with E-state index in [0.29, 0.717) is 6.04 Å². The number of aromatic nitrogens is 2. The van der Waals surface area contributed by atoms with Gasteiger partial charge in [-0.1, -0.05) is 26.2 Å². The lowest BCUT2D eigenvalue weighted by Crippen LogP contribution is -2.34. The van der Waals surface area contributed by atoms with Crippen molar-refractivity contribution in [3.8, 4) is 0 Å². The summed E-state index contributed by atoms with van der Waals surface area (Å²) in [7, 11) is 0. The van der Waals surface area contributed by atoms with Gasteiger partial charge in [0, 0.05) is 19.1 Å². The first-order valence-corrected chi connectivity index (χ1v) is 8.03. The third-order valence-corrected chi connectivity index (χ3v) is 4.54. The van der Waals surface area contributed by atoms with E-state index in [1.165, 1.54) is 43.5 Å². The molecular weight excluding hydrogens is 234 g/mol. The van der Waals surface area contributed by atoms with Gasteiger partial charge in [-0.05, 0) is 45.1 Å². The third kappa shape index (κ3) is 3.82. The maximum atomic E-state index is 4.61. The fourth-order valence-corrected chi connectivity index (χ4v) is 3.17. The highest BCUT2D eigenvalue weighted by atomic mass is 15.3. The number of hydrogen-bond donors (Lipinski definition) is 1. The summed E-state index contributed by atoms with van der Waals surface area (Å²) >= 11 is 0. The maximum Gasteiger partial charge on any atom is 0.0625 e. The lowest BCUT2D eigenvalue weighted by atomic mass is 9.84. The first-order chi connectivity index (χ1) is 9.24. The van der Waals surface area contributed by atoms with E-state index in [-0.39, 0.29) is 0 Å². The molecule has 19 heavy (non-hydrogen) atoms. The number of nitrogens with zero attached hydrogens (tertiary/aromatic N) is 2. The summed E-state index contributed by atoms with van der Waals surface area (Å²) < 4.78 is 2.14. The molecule has 1 aromatic heterocycles. The lowest BCUT2D eigenvalue weighted by Gasteiger charge is -2.28. The number of nitrogens with one attached hydrogen (secondary N) is 1. The molecule has 0 radical (unpaired) electrons. The van der Waals surface area contributed by atoms with Crippen LogP contribution in [0.15, 0.2) is 6.07 Å². The molecule has 0 aromatic carbocycles. The van der Waals surface area contributed by atoms with Gasteiger partial charge in [0.2, 0.25) is 0 Å². The Bertz CT molecular complexity index is 377. The highest BCUT2D eigenvalue weighted by Gasteiger charge is 2.19. The minimum Gasteiger partial charge on any atom is -0.308 e. The van der Waals surface area contributed by atoms with E-state index in [1.54, 1.807) is 0 Å². The molecule has 1 fully saturated rings. The molecule has 0 bridgehead atoms. The van der Waals surface area contributed by atoms with Crippen molar-refractivity contribution < 1.29 is 0 Å². The van der Waals surface area contributed by atoms with Crippen LogP contribution in [0, 0.1) is 5.92 Å². The topological polar surface area (TPSA) is 29.9 Å². The Labute approximate surface area is 117 Å². The summed E-state index contributed by atoms with van der Waals surface area (Å²) in [6.45, 7) is 8.61. The van der Waals surface area contributed by atoms with Crippen LogP contribution >= 0.6 is 0 Å². The average Bonchev–Trinajstić information content (AvgIpc) is 2.88. The second kappa shape index (κ2) is 7.09. The summed E-state index contributed by atoms with van der Waals surface area (Å²) in [6, 6.07) is 2.88. The first kappa shape index (κ1) is 14.6. The SMILES string of the molecule is CCc1cc(CN[C@H](C)C2CCCCC2)n(CC)n1. The summed E-state index contributed by atoms with van der Waals surface area (Å²) in [5.74, 6) is 0.873. The Hall–Kier alpha value is -0.830. The van der Waals surface area contributed by atoms with Gasteiger partial charge >= 0.3 is 0 Å². The van der Waals surface area contributed by atoms with Gasteiger partial charge in [0.15, 0.2) is 0 Å². The van der Waals surface area contributed by atoms with Gasteiger partial charge in [-0.15, -0.1) is 0 Å². The van der Waals surface area contributed by atoms with Crippen LogP contribution in [0.5, 0.6) is 0 Å². The molecule has 3 nitrogen and oxygen atoms in total. The molecule has 0 aliphatic heterocycles. The van der Waals surface area contributed by atoms with Crippen LogP contribution in [0.3, 0.4) is 0 Å². The highest BCUT2D eigenvalue weighted by Crippen LogP contribution is 2.26. The molecule has 1 aliphatic carbocycles. The fourth-order valence-electron chi connectivity index (χ4n) is 3.17. The molecule has 1 atom stereocenters. The van der Waals surface area contributed by atoms with Gasteiger partial charge in [0.05, 0.1) is 11.4 Å². The van der Waals surface area contributed by atoms with Crippen LogP contribution in [0.4, 0.5) is 0 Å². The fraction of sp³-hybridized carbons (Fsp3) is 0.812. The summed E-state index contributed by atoms with van der Waals surface area (Å²) in [5.41, 5.74) is 2.55. The van der Waals surface area contributed by atoms with Crippen molar-refractivity contribution in [3.05, 3.63) is 17.5 Å². The molecule has 0 saturated heterocycles. The molecular formula is C16H29N3. The molecule has 2 rings (SSSR count). The second-order valence-corrected chi connectivity index (χ2v) is 5.86. The second-order valence-electron chi connectivity index (χ2n) is 5.86. The molecule has 3 heteroatoms. The monoisotopic (exact) mass is 263 g/mol. The van der Waals surface area contributed by atoms with Crippen molar-refractivity contribution in [2.24, 2.45) is 5.92 Å². The van der Waals surface area contributed by atoms with Crippen LogP contribution in [0.2, 0.25) is 0 Å². The predicted octanol–water partition coefficient (Wildman–Crippen LogP) is 3.52. The van der Waals surface area contributed by atoms with E-state index in [1.807, 2.05) is 0 Å². The third-order valence-electron chi connectivity index (χ3n) is 4.54. The smallest absolute Gasteiger partial charge is 0.0625 e. The van der Waals surface area contributed by atoms with E-state index >= 15 is 0 Å². The summed E-state index contributed by atoms with van der Waals surface area (Å²) in [4.78, 5) is 0. The van der Waals surface area contributed by atoms with Gasteiger partial charge < -0.3 is 5.32 Å². The molecule has 1 saturated carbocycles. The van der Waals surface area contributed by atoms with Crippen LogP contribution in [0.1, 0.15) is 64.3 Å². The van der Waals surface area contributed by atoms with E-state index in [0.717, 1.165) is 25.4 Å². The van der Waals surface area contributed by atoms with Crippen LogP contribution in [-0.4, -0.2) is 15.8 Å². The van der Waals surface area contributed by atoms with Gasteiger partial charge in [0.1, 0.15) is 0 Å². The molecule has 1 N–H and O–H groups in total. The summed E-state index contributed by atoms with van der Waals surface area (Å²) in [5, 5.41) is 8.33. The Morgan fingerprint density at radius 2 is 2.05 bits per heavy atom. The standard InChI is InChI=1S/C16H29N3/c1-4-15-11-16(19(5-2)18-15)12-17-13(3)14-9-7-6-8-10-14/h11,13-14,17H,4-10,12H2,1-3H3/t13-/m1/s1. The largest absolute Gasteiger partial charge is 0.308 e. The van der Waals surface area contributed by atoms with Crippen molar-refractivity contribution in [1.29, 1.82) is 0 Å². The maximum absolute atomic E-state index is 4.61. The quantitative estimate of drug-likeness (QED) is 0.851. The van der Waals surface area contributed by atoms with Crippen molar-refractivity contribution in [2.75, 3.05) is 0 Å². The molecule has 108 valence electrons. The van der Waals surface area contributed by atoms with Crippen molar-refractivity contribution >= 4 is 0 Å². The van der Waals surface area contributed by atoms with E-state index in [2.05, 4.69) is 41.9 Å². The van der Waals surface area contributed by atoms with E-state index in [9.17, 15) is 0 Å². The lowest BCUT2D eigenvalue weighted by molar-refractivity contribution is 0.279. The van der Waals surface area contributed by atoms with Crippen LogP contribution < -0.4 is 5.32 Å². The van der Waals surface area contributed by atoms with Crippen molar-refractivity contribution in [2.45, 2.75) is 78.4 Å². The number of rotatable bonds is 6. The van der Waals surface area contributed by atoms with Gasteiger partial charge in [-0.2, -0.15) is 5.10 Å². The minimum absolute atomic E-state index is 0.630. The minimum atomic E-state index is 0.630. The van der Waals surface area contributed by atoms with Gasteiger partial charge in [-0.3, -0.25) is 4.68 Å². The first-order valence-electron chi connectivity index (χ1n) is 8.03. The number of hydrogen-bond acceptors (Lipinski definition) is 2. The average molecular weight is 263 g/mol. The Morgan fingerprint density at radius 3 is 2.68 bits per heavy atom. The molecule has 0 unspecified atom stereocenters. The molecule has 1 aliphatic rings. The van der Waals surface area contributed by atoms with Crippen molar-refractivity contribution in [3.63, 3.8) is 0 Å².